The van der Waals surface area contributed by atoms with Crippen LogP contribution >= 0.6 is 0 Å². The van der Waals surface area contributed by atoms with Crippen molar-refractivity contribution >= 4 is 22.8 Å². The third-order valence-corrected chi connectivity index (χ3v) is 4.45. The van der Waals surface area contributed by atoms with Crippen molar-refractivity contribution in [1.29, 1.82) is 0 Å². The minimum absolute atomic E-state index is 0.293. The first-order valence-electron chi connectivity index (χ1n) is 9.35. The number of nitrogens with zero attached hydrogens (tertiary/aromatic N) is 2. The molecule has 2 amide bonds. The predicted octanol–water partition coefficient (Wildman–Crippen LogP) is 3.62. The zero-order chi connectivity index (χ0) is 19.9. The maximum atomic E-state index is 12.3. The van der Waals surface area contributed by atoms with E-state index in [0.29, 0.717) is 37.8 Å². The van der Waals surface area contributed by atoms with Crippen molar-refractivity contribution in [3.05, 3.63) is 53.9 Å². The number of nitrogens with one attached hydrogen (secondary N) is 2. The van der Waals surface area contributed by atoms with Gasteiger partial charge in [0, 0.05) is 20.2 Å². The molecule has 3 aromatic rings. The summed E-state index contributed by atoms with van der Waals surface area (Å²) in [5.74, 6) is 1.57. The van der Waals surface area contributed by atoms with Crippen LogP contribution in [0.4, 0.5) is 10.5 Å². The molecule has 1 heterocycles. The largest absolute Gasteiger partial charge is 0.489 e. The van der Waals surface area contributed by atoms with Crippen LogP contribution < -0.4 is 15.4 Å². The maximum absolute atomic E-state index is 12.3. The van der Waals surface area contributed by atoms with E-state index in [1.807, 2.05) is 61.9 Å². The van der Waals surface area contributed by atoms with E-state index >= 15 is 0 Å². The standard InChI is InChI=1S/C21H26N4O3/c1-4-27-11-12-28-20-8-6-5-7-17(20)24-21(26)22-14-16-9-10-19-18(13-16)23-15(2)25(19)3/h5-10,13H,4,11-12,14H2,1-3H3,(H2,22,24,26). The number of imidazole rings is 1. The highest BCUT2D eigenvalue weighted by Gasteiger charge is 2.09. The molecule has 0 spiro atoms. The first kappa shape index (κ1) is 19.7. The number of para-hydroxylation sites is 2. The van der Waals surface area contributed by atoms with Gasteiger partial charge in [0.1, 0.15) is 18.2 Å². The molecule has 148 valence electrons. The lowest BCUT2D eigenvalue weighted by atomic mass is 10.2. The Morgan fingerprint density at radius 1 is 1.18 bits per heavy atom. The summed E-state index contributed by atoms with van der Waals surface area (Å²) in [6.45, 7) is 5.90. The van der Waals surface area contributed by atoms with E-state index in [2.05, 4.69) is 15.6 Å². The molecule has 2 aromatic carbocycles. The lowest BCUT2D eigenvalue weighted by molar-refractivity contribution is 0.110. The Labute approximate surface area is 164 Å². The van der Waals surface area contributed by atoms with Gasteiger partial charge in [-0.05, 0) is 43.7 Å². The predicted molar refractivity (Wildman–Crippen MR) is 110 cm³/mol. The topological polar surface area (TPSA) is 77.4 Å². The number of hydrogen-bond donors (Lipinski definition) is 2. The number of anilines is 1. The summed E-state index contributed by atoms with van der Waals surface area (Å²) in [7, 11) is 1.99. The molecule has 28 heavy (non-hydrogen) atoms. The zero-order valence-electron chi connectivity index (χ0n) is 16.5. The summed E-state index contributed by atoms with van der Waals surface area (Å²) in [5.41, 5.74) is 3.60. The van der Waals surface area contributed by atoms with Gasteiger partial charge in [-0.3, -0.25) is 0 Å². The van der Waals surface area contributed by atoms with Crippen molar-refractivity contribution in [2.24, 2.45) is 7.05 Å². The number of fused-ring (bicyclic) bond motifs is 1. The van der Waals surface area contributed by atoms with Gasteiger partial charge in [0.15, 0.2) is 0 Å². The Morgan fingerprint density at radius 3 is 2.82 bits per heavy atom. The van der Waals surface area contributed by atoms with Crippen molar-refractivity contribution in [3.8, 4) is 5.75 Å². The lowest BCUT2D eigenvalue weighted by Gasteiger charge is -2.13. The number of urea groups is 1. The Morgan fingerprint density at radius 2 is 2.00 bits per heavy atom. The first-order chi connectivity index (χ1) is 13.6. The van der Waals surface area contributed by atoms with E-state index in [4.69, 9.17) is 9.47 Å². The van der Waals surface area contributed by atoms with Gasteiger partial charge in [-0.15, -0.1) is 0 Å². The number of aryl methyl sites for hydroxylation is 2. The van der Waals surface area contributed by atoms with E-state index in [9.17, 15) is 4.79 Å². The highest BCUT2D eigenvalue weighted by atomic mass is 16.5. The smallest absolute Gasteiger partial charge is 0.319 e. The molecular weight excluding hydrogens is 356 g/mol. The molecule has 0 saturated heterocycles. The fourth-order valence-electron chi connectivity index (χ4n) is 2.88. The van der Waals surface area contributed by atoms with Crippen molar-refractivity contribution in [2.45, 2.75) is 20.4 Å². The number of ether oxygens (including phenoxy) is 2. The summed E-state index contributed by atoms with van der Waals surface area (Å²) >= 11 is 0. The molecule has 7 heteroatoms. The maximum Gasteiger partial charge on any atom is 0.319 e. The molecule has 0 aliphatic carbocycles. The minimum Gasteiger partial charge on any atom is -0.489 e. The van der Waals surface area contributed by atoms with Gasteiger partial charge >= 0.3 is 6.03 Å². The van der Waals surface area contributed by atoms with Gasteiger partial charge < -0.3 is 24.7 Å². The molecule has 7 nitrogen and oxygen atoms in total. The van der Waals surface area contributed by atoms with Gasteiger partial charge in [0.2, 0.25) is 0 Å². The van der Waals surface area contributed by atoms with Crippen LogP contribution in [-0.4, -0.2) is 35.4 Å². The minimum atomic E-state index is -0.293. The molecule has 0 unspecified atom stereocenters. The summed E-state index contributed by atoms with van der Waals surface area (Å²) < 4.78 is 13.0. The second kappa shape index (κ2) is 9.23. The van der Waals surface area contributed by atoms with Crippen molar-refractivity contribution in [2.75, 3.05) is 25.1 Å². The molecule has 0 saturated carbocycles. The van der Waals surface area contributed by atoms with Crippen molar-refractivity contribution in [3.63, 3.8) is 0 Å². The average molecular weight is 382 g/mol. The number of amides is 2. The van der Waals surface area contributed by atoms with E-state index in [1.54, 1.807) is 6.07 Å². The van der Waals surface area contributed by atoms with Crippen molar-refractivity contribution in [1.82, 2.24) is 14.9 Å². The van der Waals surface area contributed by atoms with Gasteiger partial charge in [0.05, 0.1) is 23.3 Å². The second-order valence-electron chi connectivity index (χ2n) is 6.39. The first-order valence-corrected chi connectivity index (χ1v) is 9.35. The summed E-state index contributed by atoms with van der Waals surface area (Å²) in [5, 5.41) is 5.71. The number of carbonyl (C=O) groups excluding carboxylic acids is 1. The van der Waals surface area contributed by atoms with E-state index in [-0.39, 0.29) is 6.03 Å². The average Bonchev–Trinajstić information content (AvgIpc) is 2.98. The molecule has 1 aromatic heterocycles. The van der Waals surface area contributed by atoms with Gasteiger partial charge in [-0.1, -0.05) is 18.2 Å². The summed E-state index contributed by atoms with van der Waals surface area (Å²) in [6, 6.07) is 13.1. The van der Waals surface area contributed by atoms with Crippen LogP contribution in [0, 0.1) is 6.92 Å². The summed E-state index contributed by atoms with van der Waals surface area (Å²) in [6.07, 6.45) is 0. The van der Waals surface area contributed by atoms with Crippen LogP contribution in [0.2, 0.25) is 0 Å². The van der Waals surface area contributed by atoms with Crippen LogP contribution in [-0.2, 0) is 18.3 Å². The highest BCUT2D eigenvalue weighted by Crippen LogP contribution is 2.23. The fraction of sp³-hybridized carbons (Fsp3) is 0.333. The third kappa shape index (κ3) is 4.80. The van der Waals surface area contributed by atoms with Crippen LogP contribution in [0.5, 0.6) is 5.75 Å². The molecule has 0 bridgehead atoms. The van der Waals surface area contributed by atoms with Crippen molar-refractivity contribution < 1.29 is 14.3 Å². The molecule has 0 aliphatic heterocycles. The molecule has 3 rings (SSSR count). The van der Waals surface area contributed by atoms with E-state index < -0.39 is 0 Å². The normalized spacial score (nSPS) is 10.8. The Balaban J connectivity index is 1.57. The van der Waals surface area contributed by atoms with Gasteiger partial charge in [-0.25, -0.2) is 9.78 Å². The quantitative estimate of drug-likeness (QED) is 0.584. The lowest BCUT2D eigenvalue weighted by Crippen LogP contribution is -2.28. The summed E-state index contributed by atoms with van der Waals surface area (Å²) in [4.78, 5) is 16.8. The zero-order valence-corrected chi connectivity index (χ0v) is 16.5. The molecule has 0 radical (unpaired) electrons. The van der Waals surface area contributed by atoms with Gasteiger partial charge in [0.25, 0.3) is 0 Å². The fourth-order valence-corrected chi connectivity index (χ4v) is 2.88. The van der Waals surface area contributed by atoms with Crippen LogP contribution in [0.15, 0.2) is 42.5 Å². The van der Waals surface area contributed by atoms with Gasteiger partial charge in [-0.2, -0.15) is 0 Å². The molecule has 2 N–H and O–H groups in total. The third-order valence-electron chi connectivity index (χ3n) is 4.45. The van der Waals surface area contributed by atoms with E-state index in [1.165, 1.54) is 0 Å². The Kier molecular flexibility index (Phi) is 6.49. The number of benzene rings is 2. The number of carbonyl (C=O) groups is 1. The van der Waals surface area contributed by atoms with Crippen LogP contribution in [0.25, 0.3) is 11.0 Å². The van der Waals surface area contributed by atoms with Crippen LogP contribution in [0.3, 0.4) is 0 Å². The Hall–Kier alpha value is -3.06. The molecule has 0 atom stereocenters. The number of rotatable bonds is 8. The van der Waals surface area contributed by atoms with Crippen LogP contribution in [0.1, 0.15) is 18.3 Å². The number of aromatic nitrogens is 2. The monoisotopic (exact) mass is 382 g/mol. The van der Waals surface area contributed by atoms with E-state index in [0.717, 1.165) is 22.4 Å². The second-order valence-corrected chi connectivity index (χ2v) is 6.39. The molecular formula is C21H26N4O3. The Bertz CT molecular complexity index is 952. The molecule has 0 aliphatic rings. The highest BCUT2D eigenvalue weighted by molar-refractivity contribution is 5.91. The molecule has 0 fully saturated rings. The SMILES string of the molecule is CCOCCOc1ccccc1NC(=O)NCc1ccc2c(c1)nc(C)n2C. The number of hydrogen-bond acceptors (Lipinski definition) is 4.